The molecule has 0 aliphatic heterocycles. The molecule has 0 aliphatic carbocycles. The maximum absolute atomic E-state index is 10.9. The van der Waals surface area contributed by atoms with Crippen molar-refractivity contribution in [3.63, 3.8) is 0 Å². The molecule has 0 aliphatic rings. The molecule has 0 amide bonds. The van der Waals surface area contributed by atoms with Crippen molar-refractivity contribution in [3.8, 4) is 0 Å². The lowest BCUT2D eigenvalue weighted by molar-refractivity contribution is -0.385. The molecule has 1 aromatic carbocycles. The van der Waals surface area contributed by atoms with Gasteiger partial charge in [-0.05, 0) is 46.4 Å². The number of benzene rings is 1. The number of nitrogens with zero attached hydrogens (tertiary/aromatic N) is 1. The zero-order chi connectivity index (χ0) is 15.1. The Labute approximate surface area is 128 Å². The summed E-state index contributed by atoms with van der Waals surface area (Å²) in [5.74, 6) is 0.405. The van der Waals surface area contributed by atoms with Gasteiger partial charge in [-0.3, -0.25) is 10.1 Å². The Hall–Kier alpha value is -1.20. The van der Waals surface area contributed by atoms with Gasteiger partial charge in [0.1, 0.15) is 0 Å². The van der Waals surface area contributed by atoms with Crippen molar-refractivity contribution in [1.82, 2.24) is 5.32 Å². The first kappa shape index (κ1) is 16.9. The van der Waals surface area contributed by atoms with Gasteiger partial charge in [-0.2, -0.15) is 0 Å². The van der Waals surface area contributed by atoms with Crippen LogP contribution in [0, 0.1) is 16.0 Å². The van der Waals surface area contributed by atoms with Gasteiger partial charge in [0.15, 0.2) is 0 Å². The van der Waals surface area contributed by atoms with Crippen LogP contribution in [0.4, 0.5) is 5.69 Å². The average Bonchev–Trinajstić information content (AvgIpc) is 2.39. The van der Waals surface area contributed by atoms with Gasteiger partial charge in [0.2, 0.25) is 0 Å². The molecule has 110 valence electrons. The van der Waals surface area contributed by atoms with E-state index in [9.17, 15) is 10.1 Å². The van der Waals surface area contributed by atoms with Crippen LogP contribution in [0.3, 0.4) is 0 Å². The predicted octanol–water partition coefficient (Wildman–Crippen LogP) is 4.40. The van der Waals surface area contributed by atoms with Crippen molar-refractivity contribution in [2.24, 2.45) is 5.92 Å². The number of nitrogens with one attached hydrogen (secondary N) is 1. The van der Waals surface area contributed by atoms with Gasteiger partial charge in [0, 0.05) is 12.6 Å². The Kier molecular flexibility index (Phi) is 6.88. The molecule has 0 aromatic heterocycles. The van der Waals surface area contributed by atoms with E-state index >= 15 is 0 Å². The standard InChI is InChI=1S/C15H21BrN2O2/c1-4-7-17-10-13(11(2)3)8-12-5-6-14(16)15(9-12)18(19)20/h5-6,8-9,11,17H,4,7,10H2,1-3H3. The topological polar surface area (TPSA) is 55.2 Å². The number of nitro groups is 1. The monoisotopic (exact) mass is 340 g/mol. The van der Waals surface area contributed by atoms with Gasteiger partial charge in [-0.1, -0.05) is 38.5 Å². The molecule has 0 spiro atoms. The van der Waals surface area contributed by atoms with Crippen LogP contribution in [-0.4, -0.2) is 18.0 Å². The molecule has 20 heavy (non-hydrogen) atoms. The van der Waals surface area contributed by atoms with Crippen LogP contribution >= 0.6 is 15.9 Å². The molecule has 0 bridgehead atoms. The minimum absolute atomic E-state index is 0.100. The molecule has 0 fully saturated rings. The van der Waals surface area contributed by atoms with Crippen molar-refractivity contribution >= 4 is 27.7 Å². The molecule has 5 heteroatoms. The highest BCUT2D eigenvalue weighted by atomic mass is 79.9. The SMILES string of the molecule is CCCNCC(=Cc1ccc(Br)c([N+](=O)[O-])c1)C(C)C. The first-order valence-electron chi connectivity index (χ1n) is 6.80. The Morgan fingerprint density at radius 3 is 2.75 bits per heavy atom. The van der Waals surface area contributed by atoms with Gasteiger partial charge < -0.3 is 5.32 Å². The fourth-order valence-electron chi connectivity index (χ4n) is 1.80. The van der Waals surface area contributed by atoms with E-state index in [-0.39, 0.29) is 10.6 Å². The maximum atomic E-state index is 10.9. The van der Waals surface area contributed by atoms with Gasteiger partial charge in [0.05, 0.1) is 9.40 Å². The second-order valence-corrected chi connectivity index (χ2v) is 5.87. The highest BCUT2D eigenvalue weighted by molar-refractivity contribution is 9.10. The third-order valence-electron chi connectivity index (χ3n) is 3.02. The van der Waals surface area contributed by atoms with E-state index in [0.29, 0.717) is 10.4 Å². The summed E-state index contributed by atoms with van der Waals surface area (Å²) in [6, 6.07) is 5.22. The van der Waals surface area contributed by atoms with Gasteiger partial charge in [0.25, 0.3) is 5.69 Å². The summed E-state index contributed by atoms with van der Waals surface area (Å²) >= 11 is 3.20. The third-order valence-corrected chi connectivity index (χ3v) is 3.69. The van der Waals surface area contributed by atoms with Crippen molar-refractivity contribution in [3.05, 3.63) is 43.9 Å². The Balaban J connectivity index is 2.98. The number of rotatable bonds is 7. The molecule has 0 saturated carbocycles. The van der Waals surface area contributed by atoms with Crippen molar-refractivity contribution in [2.75, 3.05) is 13.1 Å². The Bertz CT molecular complexity index is 499. The minimum atomic E-state index is -0.369. The summed E-state index contributed by atoms with van der Waals surface area (Å²) < 4.78 is 0.509. The highest BCUT2D eigenvalue weighted by Crippen LogP contribution is 2.27. The quantitative estimate of drug-likeness (QED) is 0.454. The predicted molar refractivity (Wildman–Crippen MR) is 86.8 cm³/mol. The van der Waals surface area contributed by atoms with E-state index in [1.54, 1.807) is 12.1 Å². The Morgan fingerprint density at radius 1 is 1.50 bits per heavy atom. The number of hydrogen-bond donors (Lipinski definition) is 1. The first-order chi connectivity index (χ1) is 9.45. The van der Waals surface area contributed by atoms with E-state index in [0.717, 1.165) is 25.1 Å². The van der Waals surface area contributed by atoms with Crippen LogP contribution in [0.25, 0.3) is 6.08 Å². The largest absolute Gasteiger partial charge is 0.313 e. The number of nitro benzene ring substituents is 1. The summed E-state index contributed by atoms with van der Waals surface area (Å²) in [6.45, 7) is 8.18. The lowest BCUT2D eigenvalue weighted by Crippen LogP contribution is -2.19. The normalized spacial score (nSPS) is 11.9. The van der Waals surface area contributed by atoms with Crippen LogP contribution in [0.15, 0.2) is 28.2 Å². The summed E-state index contributed by atoms with van der Waals surface area (Å²) in [5, 5.41) is 14.3. The smallest absolute Gasteiger partial charge is 0.284 e. The summed E-state index contributed by atoms with van der Waals surface area (Å²) in [4.78, 5) is 10.6. The molecule has 0 atom stereocenters. The minimum Gasteiger partial charge on any atom is -0.313 e. The molecule has 0 saturated heterocycles. The zero-order valence-electron chi connectivity index (χ0n) is 12.1. The molecule has 4 nitrogen and oxygen atoms in total. The summed E-state index contributed by atoms with van der Waals surface area (Å²) in [7, 11) is 0. The maximum Gasteiger partial charge on any atom is 0.284 e. The fraction of sp³-hybridized carbons (Fsp3) is 0.467. The van der Waals surface area contributed by atoms with E-state index in [1.165, 1.54) is 5.57 Å². The second-order valence-electron chi connectivity index (χ2n) is 5.02. The molecule has 0 heterocycles. The molecular formula is C15H21BrN2O2. The number of halogens is 1. The lowest BCUT2D eigenvalue weighted by Gasteiger charge is -2.12. The Morgan fingerprint density at radius 2 is 2.20 bits per heavy atom. The summed E-state index contributed by atoms with van der Waals surface area (Å²) in [6.07, 6.45) is 3.13. The van der Waals surface area contributed by atoms with Crippen molar-refractivity contribution < 1.29 is 4.92 Å². The lowest BCUT2D eigenvalue weighted by atomic mass is 10.00. The fourth-order valence-corrected chi connectivity index (χ4v) is 2.20. The molecular weight excluding hydrogens is 320 g/mol. The van der Waals surface area contributed by atoms with Crippen molar-refractivity contribution in [1.29, 1.82) is 0 Å². The van der Waals surface area contributed by atoms with Gasteiger partial charge >= 0.3 is 0 Å². The number of hydrogen-bond acceptors (Lipinski definition) is 3. The molecule has 1 N–H and O–H groups in total. The molecule has 1 aromatic rings. The van der Waals surface area contributed by atoms with E-state index in [4.69, 9.17) is 0 Å². The zero-order valence-corrected chi connectivity index (χ0v) is 13.7. The van der Waals surface area contributed by atoms with Crippen LogP contribution in [0.2, 0.25) is 0 Å². The van der Waals surface area contributed by atoms with Gasteiger partial charge in [-0.15, -0.1) is 0 Å². The molecule has 0 unspecified atom stereocenters. The molecule has 0 radical (unpaired) electrons. The van der Waals surface area contributed by atoms with E-state index in [2.05, 4.69) is 42.0 Å². The van der Waals surface area contributed by atoms with Crippen LogP contribution in [0.5, 0.6) is 0 Å². The third kappa shape index (κ3) is 5.06. The second kappa shape index (κ2) is 8.17. The van der Waals surface area contributed by atoms with Gasteiger partial charge in [-0.25, -0.2) is 0 Å². The highest BCUT2D eigenvalue weighted by Gasteiger charge is 2.12. The van der Waals surface area contributed by atoms with Crippen LogP contribution in [0.1, 0.15) is 32.8 Å². The van der Waals surface area contributed by atoms with E-state index in [1.807, 2.05) is 12.1 Å². The average molecular weight is 341 g/mol. The van der Waals surface area contributed by atoms with Crippen LogP contribution < -0.4 is 5.32 Å². The van der Waals surface area contributed by atoms with Crippen LogP contribution in [-0.2, 0) is 0 Å². The van der Waals surface area contributed by atoms with E-state index < -0.39 is 0 Å². The summed E-state index contributed by atoms with van der Waals surface area (Å²) in [5.41, 5.74) is 2.21. The first-order valence-corrected chi connectivity index (χ1v) is 7.60. The van der Waals surface area contributed by atoms with Crippen molar-refractivity contribution in [2.45, 2.75) is 27.2 Å². The molecule has 1 rings (SSSR count).